The van der Waals surface area contributed by atoms with Gasteiger partial charge in [-0.25, -0.2) is 0 Å². The molecule has 0 aromatic rings. The molecule has 4 nitrogen and oxygen atoms in total. The Kier molecular flexibility index (Phi) is 56.2. The van der Waals surface area contributed by atoms with Gasteiger partial charge in [-0.2, -0.15) is 0 Å². The smallest absolute Gasteiger partial charge is 0.220 e. The molecule has 0 heterocycles. The van der Waals surface area contributed by atoms with Crippen molar-refractivity contribution < 1.29 is 15.0 Å². The number of aliphatic hydroxyl groups is 2. The van der Waals surface area contributed by atoms with E-state index in [1.807, 2.05) is 0 Å². The molecule has 0 radical (unpaired) electrons. The van der Waals surface area contributed by atoms with Crippen molar-refractivity contribution in [1.82, 2.24) is 5.32 Å². The molecule has 0 aromatic carbocycles. The Morgan fingerprint density at radius 3 is 0.703 bits per heavy atom. The molecule has 0 spiro atoms. The van der Waals surface area contributed by atoms with Crippen molar-refractivity contribution in [2.24, 2.45) is 0 Å². The fourth-order valence-electron chi connectivity index (χ4n) is 10.0. The van der Waals surface area contributed by atoms with Crippen molar-refractivity contribution in [1.29, 1.82) is 0 Å². The summed E-state index contributed by atoms with van der Waals surface area (Å²) in [5.74, 6) is -0.0220. The Balaban J connectivity index is 3.33. The number of rotatable bonds is 57. The van der Waals surface area contributed by atoms with Gasteiger partial charge in [0.15, 0.2) is 0 Å². The van der Waals surface area contributed by atoms with Crippen LogP contribution in [0, 0.1) is 0 Å². The third kappa shape index (κ3) is 52.4. The summed E-state index contributed by atoms with van der Waals surface area (Å²) in [6.45, 7) is 4.40. The molecule has 0 aliphatic heterocycles. The monoisotopic (exact) mass is 904 g/mol. The summed E-state index contributed by atoms with van der Waals surface area (Å²) in [7, 11) is 0. The number of carbonyl (C=O) groups is 1. The fourth-order valence-corrected chi connectivity index (χ4v) is 10.0. The van der Waals surface area contributed by atoms with E-state index in [2.05, 4.69) is 19.2 Å². The molecule has 4 heteroatoms. The molecule has 0 aliphatic carbocycles. The molecule has 0 fully saturated rings. The van der Waals surface area contributed by atoms with E-state index in [0.717, 1.165) is 25.7 Å². The highest BCUT2D eigenvalue weighted by molar-refractivity contribution is 5.76. The Morgan fingerprint density at radius 2 is 0.500 bits per heavy atom. The van der Waals surface area contributed by atoms with Gasteiger partial charge in [-0.3, -0.25) is 4.79 Å². The van der Waals surface area contributed by atoms with Crippen LogP contribution in [0.1, 0.15) is 361 Å². The Labute approximate surface area is 404 Å². The highest BCUT2D eigenvalue weighted by atomic mass is 16.3. The first-order valence-corrected chi connectivity index (χ1v) is 30.2. The van der Waals surface area contributed by atoms with Crippen LogP contribution in [0.25, 0.3) is 0 Å². The van der Waals surface area contributed by atoms with Gasteiger partial charge < -0.3 is 15.5 Å². The van der Waals surface area contributed by atoms with Crippen molar-refractivity contribution in [3.05, 3.63) is 0 Å². The minimum absolute atomic E-state index is 0.0220. The lowest BCUT2D eigenvalue weighted by Gasteiger charge is -2.22. The number of hydrogen-bond acceptors (Lipinski definition) is 3. The van der Waals surface area contributed by atoms with Crippen LogP contribution in [0.4, 0.5) is 0 Å². The minimum atomic E-state index is -0.654. The van der Waals surface area contributed by atoms with Gasteiger partial charge in [-0.15, -0.1) is 0 Å². The number of nitrogens with one attached hydrogen (secondary N) is 1. The molecule has 0 unspecified atom stereocenters. The Morgan fingerprint density at radius 1 is 0.312 bits per heavy atom. The first-order valence-electron chi connectivity index (χ1n) is 30.2. The number of carbonyl (C=O) groups excluding carboxylic acids is 1. The van der Waals surface area contributed by atoms with Crippen LogP contribution in [-0.4, -0.2) is 34.9 Å². The van der Waals surface area contributed by atoms with Crippen LogP contribution in [0.5, 0.6) is 0 Å². The van der Waals surface area contributed by atoms with Crippen molar-refractivity contribution in [2.75, 3.05) is 6.61 Å². The maximum Gasteiger partial charge on any atom is 0.220 e. The zero-order valence-electron chi connectivity index (χ0n) is 44.3. The topological polar surface area (TPSA) is 69.6 Å². The SMILES string of the molecule is CCCCCCCCCCCCCCCCCCCCCCCCCCCCCCCCCCCCCCC(=O)N[C@@H](CO)[C@H](O)CCCCCCCCCCCCCCCCCC. The predicted octanol–water partition coefficient (Wildman–Crippen LogP) is 19.9. The molecular formula is C60H121NO3. The summed E-state index contributed by atoms with van der Waals surface area (Å²) in [5.41, 5.74) is 0. The Hall–Kier alpha value is -0.610. The van der Waals surface area contributed by atoms with Crippen LogP contribution >= 0.6 is 0 Å². The van der Waals surface area contributed by atoms with E-state index in [1.165, 1.54) is 308 Å². The summed E-state index contributed by atoms with van der Waals surface area (Å²) in [6.07, 6.45) is 72.7. The molecule has 0 saturated carbocycles. The highest BCUT2D eigenvalue weighted by Gasteiger charge is 2.20. The van der Waals surface area contributed by atoms with E-state index in [4.69, 9.17) is 0 Å². The van der Waals surface area contributed by atoms with Crippen LogP contribution in [0.3, 0.4) is 0 Å². The van der Waals surface area contributed by atoms with E-state index in [9.17, 15) is 15.0 Å². The molecule has 0 aliphatic rings. The lowest BCUT2D eigenvalue weighted by Crippen LogP contribution is -2.45. The summed E-state index contributed by atoms with van der Waals surface area (Å²) in [5, 5.41) is 23.3. The zero-order valence-corrected chi connectivity index (χ0v) is 44.3. The van der Waals surface area contributed by atoms with E-state index >= 15 is 0 Å². The first kappa shape index (κ1) is 63.4. The van der Waals surface area contributed by atoms with Crippen molar-refractivity contribution in [2.45, 2.75) is 373 Å². The summed E-state index contributed by atoms with van der Waals surface area (Å²) in [4.78, 5) is 12.5. The fraction of sp³-hybridized carbons (Fsp3) is 0.983. The van der Waals surface area contributed by atoms with E-state index in [1.54, 1.807) is 0 Å². The number of amides is 1. The molecule has 384 valence electrons. The van der Waals surface area contributed by atoms with Crippen LogP contribution in [0.2, 0.25) is 0 Å². The van der Waals surface area contributed by atoms with Gasteiger partial charge >= 0.3 is 0 Å². The second kappa shape index (κ2) is 56.7. The van der Waals surface area contributed by atoms with Gasteiger partial charge in [-0.05, 0) is 12.8 Å². The molecule has 1 amide bonds. The second-order valence-corrected chi connectivity index (χ2v) is 21.1. The lowest BCUT2D eigenvalue weighted by atomic mass is 10.0. The quantitative estimate of drug-likeness (QED) is 0.0533. The van der Waals surface area contributed by atoms with E-state index < -0.39 is 12.1 Å². The van der Waals surface area contributed by atoms with Crippen LogP contribution in [-0.2, 0) is 4.79 Å². The molecule has 0 aromatic heterocycles. The molecule has 2 atom stereocenters. The average molecular weight is 905 g/mol. The largest absolute Gasteiger partial charge is 0.394 e. The predicted molar refractivity (Wildman–Crippen MR) is 286 cm³/mol. The lowest BCUT2D eigenvalue weighted by molar-refractivity contribution is -0.123. The van der Waals surface area contributed by atoms with Crippen molar-refractivity contribution >= 4 is 5.91 Å². The molecular weight excluding hydrogens is 783 g/mol. The molecule has 3 N–H and O–H groups in total. The number of hydrogen-bond donors (Lipinski definition) is 3. The maximum atomic E-state index is 12.5. The maximum absolute atomic E-state index is 12.5. The summed E-state index contributed by atoms with van der Waals surface area (Å²) in [6, 6.07) is -0.531. The Bertz CT molecular complexity index is 849. The number of unbranched alkanes of at least 4 members (excludes halogenated alkanes) is 50. The molecule has 0 rings (SSSR count). The van der Waals surface area contributed by atoms with E-state index in [-0.39, 0.29) is 12.5 Å². The van der Waals surface area contributed by atoms with Crippen molar-refractivity contribution in [3.8, 4) is 0 Å². The number of aliphatic hydroxyl groups excluding tert-OH is 2. The summed E-state index contributed by atoms with van der Waals surface area (Å²) >= 11 is 0. The third-order valence-corrected chi connectivity index (χ3v) is 14.6. The summed E-state index contributed by atoms with van der Waals surface area (Å²) < 4.78 is 0. The van der Waals surface area contributed by atoms with Gasteiger partial charge in [-0.1, -0.05) is 341 Å². The van der Waals surface area contributed by atoms with E-state index in [0.29, 0.717) is 12.8 Å². The zero-order chi connectivity index (χ0) is 46.3. The van der Waals surface area contributed by atoms with Crippen LogP contribution < -0.4 is 5.32 Å². The second-order valence-electron chi connectivity index (χ2n) is 21.1. The minimum Gasteiger partial charge on any atom is -0.394 e. The van der Waals surface area contributed by atoms with Gasteiger partial charge in [0.25, 0.3) is 0 Å². The van der Waals surface area contributed by atoms with Gasteiger partial charge in [0.2, 0.25) is 5.91 Å². The van der Waals surface area contributed by atoms with Gasteiger partial charge in [0.1, 0.15) is 0 Å². The first-order chi connectivity index (χ1) is 31.7. The molecule has 0 bridgehead atoms. The third-order valence-electron chi connectivity index (χ3n) is 14.6. The standard InChI is InChI=1S/C60H121NO3/c1-3-5-7-9-11-13-15-17-19-21-22-23-24-25-26-27-28-29-30-31-32-33-34-35-36-37-38-39-40-42-44-46-48-50-52-54-56-60(64)61-58(57-62)59(63)55-53-51-49-47-45-43-41-20-18-16-14-12-10-8-6-4-2/h58-59,62-63H,3-57H2,1-2H3,(H,61,64)/t58-,59+/m0/s1. The normalized spacial score (nSPS) is 12.6. The van der Waals surface area contributed by atoms with Crippen LogP contribution in [0.15, 0.2) is 0 Å². The van der Waals surface area contributed by atoms with Crippen molar-refractivity contribution in [3.63, 3.8) is 0 Å². The van der Waals surface area contributed by atoms with Gasteiger partial charge in [0.05, 0.1) is 18.8 Å². The average Bonchev–Trinajstić information content (AvgIpc) is 3.30. The molecule has 0 saturated heterocycles. The highest BCUT2D eigenvalue weighted by Crippen LogP contribution is 2.19. The van der Waals surface area contributed by atoms with Gasteiger partial charge in [0, 0.05) is 6.42 Å². The molecule has 64 heavy (non-hydrogen) atoms.